The lowest BCUT2D eigenvalue weighted by Gasteiger charge is -2.43. The van der Waals surface area contributed by atoms with E-state index < -0.39 is 0 Å². The van der Waals surface area contributed by atoms with Crippen LogP contribution in [0.3, 0.4) is 0 Å². The van der Waals surface area contributed by atoms with Crippen LogP contribution in [-0.2, 0) is 6.54 Å². The van der Waals surface area contributed by atoms with Gasteiger partial charge >= 0.3 is 0 Å². The highest BCUT2D eigenvalue weighted by Gasteiger charge is 2.36. The van der Waals surface area contributed by atoms with Gasteiger partial charge < -0.3 is 13.9 Å². The molecule has 0 aliphatic carbocycles. The molecule has 2 unspecified atom stereocenters. The Bertz CT molecular complexity index is 1680. The molecular formula is C30H27N5O2. The van der Waals surface area contributed by atoms with Crippen molar-refractivity contribution in [1.29, 1.82) is 0 Å². The van der Waals surface area contributed by atoms with E-state index in [0.717, 1.165) is 48.7 Å². The highest BCUT2D eigenvalue weighted by atomic mass is 16.4. The predicted molar refractivity (Wildman–Crippen MR) is 144 cm³/mol. The molecule has 5 aromatic rings. The summed E-state index contributed by atoms with van der Waals surface area (Å²) in [4.78, 5) is 29.5. The van der Waals surface area contributed by atoms with Gasteiger partial charge in [0.2, 0.25) is 17.1 Å². The molecule has 7 heteroatoms. The second kappa shape index (κ2) is 8.40. The van der Waals surface area contributed by atoms with E-state index in [2.05, 4.69) is 61.2 Å². The van der Waals surface area contributed by atoms with Crippen LogP contribution in [0.1, 0.15) is 29.2 Å². The number of aryl methyl sites for hydroxylation is 2. The van der Waals surface area contributed by atoms with E-state index in [1.807, 2.05) is 22.8 Å². The zero-order valence-electron chi connectivity index (χ0n) is 20.9. The molecule has 2 atom stereocenters. The summed E-state index contributed by atoms with van der Waals surface area (Å²) >= 11 is 0. The van der Waals surface area contributed by atoms with Crippen molar-refractivity contribution in [3.8, 4) is 22.8 Å². The summed E-state index contributed by atoms with van der Waals surface area (Å²) in [6.45, 7) is 6.43. The third-order valence-corrected chi connectivity index (χ3v) is 7.62. The Morgan fingerprint density at radius 1 is 0.811 bits per heavy atom. The number of nitrogens with zero attached hydrogens (tertiary/aromatic N) is 5. The zero-order valence-corrected chi connectivity index (χ0v) is 20.9. The fourth-order valence-electron chi connectivity index (χ4n) is 5.74. The van der Waals surface area contributed by atoms with E-state index in [0.29, 0.717) is 28.9 Å². The van der Waals surface area contributed by atoms with Gasteiger partial charge in [0, 0.05) is 48.4 Å². The van der Waals surface area contributed by atoms with Crippen LogP contribution in [0.15, 0.2) is 75.9 Å². The summed E-state index contributed by atoms with van der Waals surface area (Å²) in [5.41, 5.74) is 6.59. The molecule has 0 spiro atoms. The lowest BCUT2D eigenvalue weighted by atomic mass is 9.83. The van der Waals surface area contributed by atoms with Crippen molar-refractivity contribution in [3.63, 3.8) is 0 Å². The molecule has 7 nitrogen and oxygen atoms in total. The molecule has 1 saturated heterocycles. The minimum Gasteiger partial charge on any atom is -0.430 e. The summed E-state index contributed by atoms with van der Waals surface area (Å²) in [7, 11) is 0. The van der Waals surface area contributed by atoms with Crippen molar-refractivity contribution in [2.75, 3.05) is 18.0 Å². The Labute approximate surface area is 214 Å². The molecule has 2 bridgehead atoms. The largest absolute Gasteiger partial charge is 0.430 e. The quantitative estimate of drug-likeness (QED) is 0.340. The average molecular weight is 490 g/mol. The SMILES string of the molecule is Cc1ccc(-c2nc(N3CC4CC(C3)c3cccc(=O)n3C4)c3oc(-c4ccc(C)cc4)nc3n2)cc1. The maximum atomic E-state index is 12.5. The van der Waals surface area contributed by atoms with Crippen LogP contribution in [0, 0.1) is 19.8 Å². The van der Waals surface area contributed by atoms with Crippen LogP contribution >= 0.6 is 0 Å². The Balaban J connectivity index is 1.36. The normalized spacial score (nSPS) is 18.7. The molecule has 2 aromatic carbocycles. The number of hydrogen-bond acceptors (Lipinski definition) is 6. The number of benzene rings is 2. The average Bonchev–Trinajstić information content (AvgIpc) is 3.34. The molecule has 1 fully saturated rings. The van der Waals surface area contributed by atoms with Gasteiger partial charge in [0.1, 0.15) is 0 Å². The van der Waals surface area contributed by atoms with Crippen LogP contribution in [0.2, 0.25) is 0 Å². The van der Waals surface area contributed by atoms with Crippen molar-refractivity contribution in [2.24, 2.45) is 5.92 Å². The second-order valence-electron chi connectivity index (χ2n) is 10.4. The molecule has 0 N–H and O–H groups in total. The lowest BCUT2D eigenvalue weighted by molar-refractivity contribution is 0.280. The smallest absolute Gasteiger partial charge is 0.250 e. The van der Waals surface area contributed by atoms with E-state index in [-0.39, 0.29) is 11.5 Å². The zero-order chi connectivity index (χ0) is 25.1. The Morgan fingerprint density at radius 3 is 2.30 bits per heavy atom. The number of oxazole rings is 1. The molecular weight excluding hydrogens is 462 g/mol. The minimum absolute atomic E-state index is 0.0877. The van der Waals surface area contributed by atoms with Gasteiger partial charge in [0.25, 0.3) is 5.56 Å². The number of hydrogen-bond donors (Lipinski definition) is 0. The van der Waals surface area contributed by atoms with Gasteiger partial charge in [-0.1, -0.05) is 53.6 Å². The van der Waals surface area contributed by atoms with Crippen molar-refractivity contribution in [2.45, 2.75) is 32.7 Å². The van der Waals surface area contributed by atoms with Crippen LogP contribution in [0.25, 0.3) is 34.1 Å². The van der Waals surface area contributed by atoms with Crippen LogP contribution in [-0.4, -0.2) is 32.6 Å². The van der Waals surface area contributed by atoms with Gasteiger partial charge in [-0.2, -0.15) is 4.98 Å². The summed E-state index contributed by atoms with van der Waals surface area (Å²) < 4.78 is 8.32. The fourth-order valence-corrected chi connectivity index (χ4v) is 5.74. The first-order chi connectivity index (χ1) is 18.0. The van der Waals surface area contributed by atoms with Crippen LogP contribution < -0.4 is 10.5 Å². The number of rotatable bonds is 3. The van der Waals surface area contributed by atoms with E-state index in [4.69, 9.17) is 19.4 Å². The van der Waals surface area contributed by atoms with Gasteiger partial charge in [0.15, 0.2) is 11.6 Å². The molecule has 3 aromatic heterocycles. The summed E-state index contributed by atoms with van der Waals surface area (Å²) in [6, 6.07) is 22.0. The molecule has 7 rings (SSSR count). The van der Waals surface area contributed by atoms with Crippen molar-refractivity contribution < 1.29 is 4.42 Å². The first-order valence-corrected chi connectivity index (χ1v) is 12.8. The molecule has 37 heavy (non-hydrogen) atoms. The third kappa shape index (κ3) is 3.82. The molecule has 0 saturated carbocycles. The molecule has 2 aliphatic heterocycles. The van der Waals surface area contributed by atoms with Gasteiger partial charge in [0.05, 0.1) is 0 Å². The molecule has 5 heterocycles. The molecule has 2 aliphatic rings. The van der Waals surface area contributed by atoms with E-state index in [9.17, 15) is 4.79 Å². The van der Waals surface area contributed by atoms with E-state index in [1.54, 1.807) is 6.07 Å². The second-order valence-corrected chi connectivity index (χ2v) is 10.4. The van der Waals surface area contributed by atoms with Crippen molar-refractivity contribution in [3.05, 3.63) is 93.9 Å². The summed E-state index contributed by atoms with van der Waals surface area (Å²) in [5, 5.41) is 0. The van der Waals surface area contributed by atoms with E-state index in [1.165, 1.54) is 11.1 Å². The van der Waals surface area contributed by atoms with Gasteiger partial charge in [-0.25, -0.2) is 9.97 Å². The van der Waals surface area contributed by atoms with Gasteiger partial charge in [-0.05, 0) is 44.4 Å². The monoisotopic (exact) mass is 489 g/mol. The summed E-state index contributed by atoms with van der Waals surface area (Å²) in [5.74, 6) is 2.57. The Hall–Kier alpha value is -4.26. The van der Waals surface area contributed by atoms with Crippen LogP contribution in [0.4, 0.5) is 5.82 Å². The highest BCUT2D eigenvalue weighted by molar-refractivity contribution is 5.85. The number of aromatic nitrogens is 4. The molecule has 184 valence electrons. The minimum atomic E-state index is 0.0877. The van der Waals surface area contributed by atoms with Gasteiger partial charge in [-0.15, -0.1) is 0 Å². The van der Waals surface area contributed by atoms with Gasteiger partial charge in [-0.3, -0.25) is 4.79 Å². The summed E-state index contributed by atoms with van der Waals surface area (Å²) in [6.07, 6.45) is 1.07. The number of fused-ring (bicyclic) bond motifs is 5. The highest BCUT2D eigenvalue weighted by Crippen LogP contribution is 2.39. The Morgan fingerprint density at radius 2 is 1.54 bits per heavy atom. The molecule has 0 amide bonds. The first-order valence-electron chi connectivity index (χ1n) is 12.8. The number of anilines is 1. The standard InChI is InChI=1S/C30H27N5O2/c1-18-6-10-21(11-7-18)27-31-28-26(37-30(33-28)22-12-8-19(2)9-13-22)29(32-27)34-15-20-14-23(17-34)24-4-3-5-25(36)35(24)16-20/h3-13,20,23H,14-17H2,1-2H3. The number of pyridine rings is 1. The van der Waals surface area contributed by atoms with E-state index >= 15 is 0 Å². The van der Waals surface area contributed by atoms with Crippen molar-refractivity contribution >= 4 is 17.0 Å². The predicted octanol–water partition coefficient (Wildman–Crippen LogP) is 5.35. The fraction of sp³-hybridized carbons (Fsp3) is 0.267. The Kier molecular flexibility index (Phi) is 4.99. The van der Waals surface area contributed by atoms with Crippen LogP contribution in [0.5, 0.6) is 0 Å². The molecule has 0 radical (unpaired) electrons. The lowest BCUT2D eigenvalue weighted by Crippen LogP contribution is -2.47. The van der Waals surface area contributed by atoms with Crippen molar-refractivity contribution in [1.82, 2.24) is 19.5 Å². The topological polar surface area (TPSA) is 77.0 Å². The maximum Gasteiger partial charge on any atom is 0.250 e. The third-order valence-electron chi connectivity index (χ3n) is 7.62. The number of piperidine rings is 1. The maximum absolute atomic E-state index is 12.5. The first kappa shape index (κ1) is 22.0.